The van der Waals surface area contributed by atoms with E-state index in [0.29, 0.717) is 0 Å². The summed E-state index contributed by atoms with van der Waals surface area (Å²) < 4.78 is 2.10. The van der Waals surface area contributed by atoms with Crippen molar-refractivity contribution in [2.24, 2.45) is 0 Å². The highest BCUT2D eigenvalue weighted by atomic mass is 35.5. The molecule has 0 atom stereocenters. The molecule has 1 aliphatic heterocycles. The zero-order valence-corrected chi connectivity index (χ0v) is 10.8. The Labute approximate surface area is 108 Å². The third kappa shape index (κ3) is 2.31. The fourth-order valence-electron chi connectivity index (χ4n) is 2.54. The molecule has 92 valence electrons. The van der Waals surface area contributed by atoms with Crippen LogP contribution in [0.15, 0.2) is 24.7 Å². The molecule has 0 bridgehead atoms. The molecule has 0 radical (unpaired) electrons. The molecule has 1 N–H and O–H groups in total. The van der Waals surface area contributed by atoms with Crippen molar-refractivity contribution in [2.45, 2.75) is 25.7 Å². The largest absolute Gasteiger partial charge is 0.317 e. The van der Waals surface area contributed by atoms with Crippen LogP contribution in [0, 0.1) is 6.92 Å². The second-order valence-electron chi connectivity index (χ2n) is 4.61. The molecule has 3 rings (SSSR count). The van der Waals surface area contributed by atoms with E-state index in [1.54, 1.807) is 0 Å². The van der Waals surface area contributed by atoms with Crippen molar-refractivity contribution in [1.29, 1.82) is 0 Å². The molecule has 0 amide bonds. The summed E-state index contributed by atoms with van der Waals surface area (Å²) in [6.45, 7) is 4.36. The van der Waals surface area contributed by atoms with Gasteiger partial charge in [0.1, 0.15) is 0 Å². The average molecular weight is 252 g/mol. The SMILES string of the molecule is Cc1ncn2ccc(C3CCNCC3)cc12.Cl. The van der Waals surface area contributed by atoms with Gasteiger partial charge in [0.05, 0.1) is 17.5 Å². The van der Waals surface area contributed by atoms with E-state index in [2.05, 4.69) is 40.0 Å². The first-order valence-electron chi connectivity index (χ1n) is 5.98. The van der Waals surface area contributed by atoms with Gasteiger partial charge in [-0.25, -0.2) is 4.98 Å². The minimum Gasteiger partial charge on any atom is -0.317 e. The third-order valence-electron chi connectivity index (χ3n) is 3.57. The summed E-state index contributed by atoms with van der Waals surface area (Å²) in [7, 11) is 0. The van der Waals surface area contributed by atoms with Gasteiger partial charge in [-0.15, -0.1) is 12.4 Å². The number of fused-ring (bicyclic) bond motifs is 1. The van der Waals surface area contributed by atoms with E-state index >= 15 is 0 Å². The molecule has 0 aliphatic carbocycles. The first-order valence-corrected chi connectivity index (χ1v) is 5.98. The summed E-state index contributed by atoms with van der Waals surface area (Å²) in [5, 5.41) is 3.41. The Hall–Kier alpha value is -1.06. The van der Waals surface area contributed by atoms with Gasteiger partial charge in [0.25, 0.3) is 0 Å². The lowest BCUT2D eigenvalue weighted by molar-refractivity contribution is 0.460. The summed E-state index contributed by atoms with van der Waals surface area (Å²) in [5.41, 5.74) is 3.84. The van der Waals surface area contributed by atoms with Crippen LogP contribution >= 0.6 is 12.4 Å². The van der Waals surface area contributed by atoms with Crippen molar-refractivity contribution in [3.63, 3.8) is 0 Å². The van der Waals surface area contributed by atoms with Crippen molar-refractivity contribution in [3.8, 4) is 0 Å². The van der Waals surface area contributed by atoms with Gasteiger partial charge in [-0.2, -0.15) is 0 Å². The van der Waals surface area contributed by atoms with Gasteiger partial charge < -0.3 is 9.72 Å². The number of aryl methyl sites for hydroxylation is 1. The molecular weight excluding hydrogens is 234 g/mol. The number of nitrogens with one attached hydrogen (secondary N) is 1. The molecule has 17 heavy (non-hydrogen) atoms. The smallest absolute Gasteiger partial charge is 0.0995 e. The molecule has 1 saturated heterocycles. The molecule has 0 saturated carbocycles. The zero-order valence-electron chi connectivity index (χ0n) is 10.0. The number of aromatic nitrogens is 2. The second-order valence-corrected chi connectivity index (χ2v) is 4.61. The molecule has 4 heteroatoms. The summed E-state index contributed by atoms with van der Waals surface area (Å²) in [5.74, 6) is 0.723. The topological polar surface area (TPSA) is 29.3 Å². The number of pyridine rings is 1. The molecule has 0 unspecified atom stereocenters. The first-order chi connectivity index (χ1) is 7.84. The van der Waals surface area contributed by atoms with Crippen LogP contribution in [0.3, 0.4) is 0 Å². The Morgan fingerprint density at radius 1 is 1.35 bits per heavy atom. The van der Waals surface area contributed by atoms with Crippen molar-refractivity contribution >= 4 is 17.9 Å². The van der Waals surface area contributed by atoms with E-state index in [0.717, 1.165) is 24.7 Å². The molecule has 0 spiro atoms. The Balaban J connectivity index is 0.00000108. The van der Waals surface area contributed by atoms with Gasteiger partial charge >= 0.3 is 0 Å². The van der Waals surface area contributed by atoms with Crippen LogP contribution in [0.4, 0.5) is 0 Å². The van der Waals surface area contributed by atoms with E-state index in [1.807, 2.05) is 6.33 Å². The monoisotopic (exact) mass is 251 g/mol. The van der Waals surface area contributed by atoms with Crippen LogP contribution in [-0.4, -0.2) is 22.5 Å². The van der Waals surface area contributed by atoms with Crippen LogP contribution in [-0.2, 0) is 0 Å². The normalized spacial score (nSPS) is 17.0. The number of hydrogen-bond acceptors (Lipinski definition) is 2. The predicted octanol–water partition coefficient (Wildman–Crippen LogP) is 2.53. The minimum absolute atomic E-state index is 0. The van der Waals surface area contributed by atoms with Gasteiger partial charge in [0.15, 0.2) is 0 Å². The number of piperidine rings is 1. The van der Waals surface area contributed by atoms with Gasteiger partial charge in [-0.3, -0.25) is 0 Å². The Morgan fingerprint density at radius 3 is 2.88 bits per heavy atom. The van der Waals surface area contributed by atoms with Gasteiger partial charge in [-0.1, -0.05) is 0 Å². The van der Waals surface area contributed by atoms with Gasteiger partial charge in [-0.05, 0) is 56.5 Å². The maximum Gasteiger partial charge on any atom is 0.0995 e. The summed E-state index contributed by atoms with van der Waals surface area (Å²) in [4.78, 5) is 4.33. The lowest BCUT2D eigenvalue weighted by atomic mass is 9.90. The van der Waals surface area contributed by atoms with Gasteiger partial charge in [0.2, 0.25) is 0 Å². The minimum atomic E-state index is 0. The maximum absolute atomic E-state index is 4.33. The Morgan fingerprint density at radius 2 is 2.12 bits per heavy atom. The molecule has 2 aromatic rings. The molecule has 1 aliphatic rings. The maximum atomic E-state index is 4.33. The quantitative estimate of drug-likeness (QED) is 0.844. The highest BCUT2D eigenvalue weighted by Gasteiger charge is 2.15. The van der Waals surface area contributed by atoms with Crippen LogP contribution in [0.1, 0.15) is 30.0 Å². The lowest BCUT2D eigenvalue weighted by Gasteiger charge is -2.23. The fourth-order valence-corrected chi connectivity index (χ4v) is 2.54. The molecule has 2 aromatic heterocycles. The molecule has 3 heterocycles. The van der Waals surface area contributed by atoms with E-state index in [1.165, 1.54) is 23.9 Å². The zero-order chi connectivity index (χ0) is 11.0. The van der Waals surface area contributed by atoms with E-state index in [4.69, 9.17) is 0 Å². The number of rotatable bonds is 1. The second kappa shape index (κ2) is 5.07. The lowest BCUT2D eigenvalue weighted by Crippen LogP contribution is -2.26. The number of halogens is 1. The Bertz CT molecular complexity index is 500. The van der Waals surface area contributed by atoms with E-state index < -0.39 is 0 Å². The molecule has 0 aromatic carbocycles. The van der Waals surface area contributed by atoms with Crippen molar-refractivity contribution in [2.75, 3.05) is 13.1 Å². The van der Waals surface area contributed by atoms with E-state index in [-0.39, 0.29) is 12.4 Å². The van der Waals surface area contributed by atoms with Crippen LogP contribution < -0.4 is 5.32 Å². The highest BCUT2D eigenvalue weighted by Crippen LogP contribution is 2.26. The van der Waals surface area contributed by atoms with Crippen molar-refractivity contribution in [3.05, 3.63) is 35.9 Å². The predicted molar refractivity (Wildman–Crippen MR) is 72.0 cm³/mol. The van der Waals surface area contributed by atoms with Gasteiger partial charge in [0, 0.05) is 6.20 Å². The number of hydrogen-bond donors (Lipinski definition) is 1. The summed E-state index contributed by atoms with van der Waals surface area (Å²) in [6.07, 6.45) is 6.52. The van der Waals surface area contributed by atoms with Crippen LogP contribution in [0.2, 0.25) is 0 Å². The fraction of sp³-hybridized carbons (Fsp3) is 0.462. The van der Waals surface area contributed by atoms with Crippen molar-refractivity contribution in [1.82, 2.24) is 14.7 Å². The van der Waals surface area contributed by atoms with Crippen molar-refractivity contribution < 1.29 is 0 Å². The highest BCUT2D eigenvalue weighted by molar-refractivity contribution is 5.85. The molecule has 1 fully saturated rings. The van der Waals surface area contributed by atoms with Crippen LogP contribution in [0.25, 0.3) is 5.52 Å². The van der Waals surface area contributed by atoms with Crippen LogP contribution in [0.5, 0.6) is 0 Å². The molecule has 3 nitrogen and oxygen atoms in total. The number of nitrogens with zero attached hydrogens (tertiary/aromatic N) is 2. The first kappa shape index (κ1) is 12.4. The third-order valence-corrected chi connectivity index (χ3v) is 3.57. The number of imidazole rings is 1. The van der Waals surface area contributed by atoms with E-state index in [9.17, 15) is 0 Å². The molecular formula is C13H18ClN3. The summed E-state index contributed by atoms with van der Waals surface area (Å²) in [6, 6.07) is 4.54. The average Bonchev–Trinajstić information content (AvgIpc) is 2.72. The Kier molecular flexibility index (Phi) is 3.69. The summed E-state index contributed by atoms with van der Waals surface area (Å²) >= 11 is 0. The standard InChI is InChI=1S/C13H17N3.ClH/c1-10-13-8-12(4-7-16(13)9-15-10)11-2-5-14-6-3-11;/h4,7-9,11,14H,2-3,5-6H2,1H3;1H.